The summed E-state index contributed by atoms with van der Waals surface area (Å²) in [6, 6.07) is 9.60. The molecule has 1 aromatic rings. The highest BCUT2D eigenvalue weighted by Crippen LogP contribution is 2.38. The van der Waals surface area contributed by atoms with Gasteiger partial charge in [0.25, 0.3) is 0 Å². The first-order chi connectivity index (χ1) is 15.3. The molecule has 0 spiro atoms. The van der Waals surface area contributed by atoms with Crippen LogP contribution in [0.15, 0.2) is 24.3 Å². The van der Waals surface area contributed by atoms with Gasteiger partial charge in [0.05, 0.1) is 13.2 Å². The molecule has 0 radical (unpaired) electrons. The van der Waals surface area contributed by atoms with Gasteiger partial charge < -0.3 is 20.3 Å². The van der Waals surface area contributed by atoms with Crippen molar-refractivity contribution in [3.63, 3.8) is 0 Å². The summed E-state index contributed by atoms with van der Waals surface area (Å²) in [5.41, 5.74) is 3.01. The fraction of sp³-hybridized carbons (Fsp3) is 0.708. The van der Waals surface area contributed by atoms with Crippen LogP contribution in [0.1, 0.15) is 18.4 Å². The van der Waals surface area contributed by atoms with Crippen LogP contribution in [0.4, 0.5) is 5.69 Å². The molecule has 1 aromatic carbocycles. The van der Waals surface area contributed by atoms with Crippen molar-refractivity contribution in [2.75, 3.05) is 77.0 Å². The van der Waals surface area contributed by atoms with Gasteiger partial charge in [-0.25, -0.2) is 0 Å². The number of thiocarbonyl (C=S) groups is 1. The number of anilines is 1. The van der Waals surface area contributed by atoms with Crippen molar-refractivity contribution in [3.8, 4) is 0 Å². The van der Waals surface area contributed by atoms with E-state index in [2.05, 4.69) is 49.6 Å². The Hall–Kier alpha value is -1.41. The van der Waals surface area contributed by atoms with Crippen LogP contribution in [0.2, 0.25) is 0 Å². The van der Waals surface area contributed by atoms with Crippen LogP contribution in [0.3, 0.4) is 0 Å². The molecule has 2 N–H and O–H groups in total. The van der Waals surface area contributed by atoms with Crippen molar-refractivity contribution in [2.24, 2.45) is 11.8 Å². The van der Waals surface area contributed by atoms with E-state index < -0.39 is 0 Å². The summed E-state index contributed by atoms with van der Waals surface area (Å²) in [7, 11) is 0. The Morgan fingerprint density at radius 2 is 1.97 bits per heavy atom. The normalized spacial score (nSPS) is 30.3. The maximum Gasteiger partial charge on any atom is 0.166 e. The predicted molar refractivity (Wildman–Crippen MR) is 130 cm³/mol. The van der Waals surface area contributed by atoms with E-state index in [9.17, 15) is 0 Å². The second-order valence-electron chi connectivity index (χ2n) is 9.61. The molecule has 6 rings (SSSR count). The van der Waals surface area contributed by atoms with Crippen molar-refractivity contribution in [3.05, 3.63) is 29.8 Å². The third kappa shape index (κ3) is 5.16. The van der Waals surface area contributed by atoms with Crippen molar-refractivity contribution < 1.29 is 4.74 Å². The molecular formula is C24H37N5OS. The topological polar surface area (TPSA) is 43.0 Å². The largest absolute Gasteiger partial charge is 0.379 e. The Balaban J connectivity index is 1.04. The Morgan fingerprint density at radius 3 is 2.81 bits per heavy atom. The lowest BCUT2D eigenvalue weighted by atomic mass is 9.75. The number of morpholine rings is 1. The highest BCUT2D eigenvalue weighted by molar-refractivity contribution is 7.80. The van der Waals surface area contributed by atoms with Crippen LogP contribution in [0.25, 0.3) is 0 Å². The molecule has 4 saturated heterocycles. The first kappa shape index (κ1) is 21.4. The van der Waals surface area contributed by atoms with Crippen LogP contribution in [0.5, 0.6) is 0 Å². The molecule has 0 aliphatic carbocycles. The van der Waals surface area contributed by atoms with Gasteiger partial charge in [0.15, 0.2) is 5.11 Å². The molecule has 2 bridgehead atoms. The molecule has 0 aromatic heterocycles. The number of nitrogens with zero attached hydrogens (tertiary/aromatic N) is 3. The van der Waals surface area contributed by atoms with Gasteiger partial charge in [-0.3, -0.25) is 9.80 Å². The van der Waals surface area contributed by atoms with Crippen LogP contribution in [-0.4, -0.2) is 93.1 Å². The Labute approximate surface area is 192 Å². The van der Waals surface area contributed by atoms with E-state index in [1.807, 2.05) is 0 Å². The number of benzene rings is 1. The number of rotatable bonds is 7. The number of ether oxygens (including phenoxy) is 1. The van der Waals surface area contributed by atoms with Crippen LogP contribution >= 0.6 is 12.2 Å². The molecule has 6 nitrogen and oxygen atoms in total. The summed E-state index contributed by atoms with van der Waals surface area (Å²) in [5, 5.41) is 7.70. The number of hydrogen-bond donors (Lipinski definition) is 2. The summed E-state index contributed by atoms with van der Waals surface area (Å²) in [4.78, 5) is 7.79. The second-order valence-corrected chi connectivity index (χ2v) is 10.0. The lowest BCUT2D eigenvalue weighted by Gasteiger charge is -2.51. The van der Waals surface area contributed by atoms with Gasteiger partial charge in [-0.1, -0.05) is 18.2 Å². The lowest BCUT2D eigenvalue weighted by Crippen LogP contribution is -2.59. The molecule has 5 aliphatic rings. The minimum absolute atomic E-state index is 0.625. The van der Waals surface area contributed by atoms with Crippen molar-refractivity contribution in [1.29, 1.82) is 0 Å². The van der Waals surface area contributed by atoms with Gasteiger partial charge in [-0.2, -0.15) is 0 Å². The van der Waals surface area contributed by atoms with E-state index in [1.54, 1.807) is 0 Å². The van der Waals surface area contributed by atoms with Crippen molar-refractivity contribution in [1.82, 2.24) is 20.4 Å². The zero-order valence-corrected chi connectivity index (χ0v) is 19.4. The van der Waals surface area contributed by atoms with E-state index in [1.165, 1.54) is 56.7 Å². The summed E-state index contributed by atoms with van der Waals surface area (Å²) in [6.45, 7) is 11.6. The molecule has 1 unspecified atom stereocenters. The van der Waals surface area contributed by atoms with Crippen LogP contribution in [-0.2, 0) is 11.2 Å². The zero-order chi connectivity index (χ0) is 21.0. The molecule has 4 atom stereocenters. The van der Waals surface area contributed by atoms with Crippen molar-refractivity contribution in [2.45, 2.75) is 25.3 Å². The summed E-state index contributed by atoms with van der Waals surface area (Å²) in [5.74, 6) is 1.65. The summed E-state index contributed by atoms with van der Waals surface area (Å²) in [6.07, 6.45) is 3.88. The second kappa shape index (κ2) is 10.0. The molecule has 170 valence electrons. The standard InChI is InChI=1S/C24H37N5OS/c31-24(25-7-10-27-11-13-30-14-12-27)26-16-22-15-20-6-8-28(22)17-21(20)18-29-9-5-19-3-1-2-4-23(19)29/h1-4,20-22H,5-18H2,(H2,25,26,31)/t20-,21+,22+/m0/s1. The Kier molecular flexibility index (Phi) is 6.93. The van der Waals surface area contributed by atoms with E-state index in [-0.39, 0.29) is 0 Å². The monoisotopic (exact) mass is 443 g/mol. The SMILES string of the molecule is S=C(NCCN1CCOCC1)NC[C@H]1C[C@@H]2CCN1C[C@@H]2CN1CCc2ccccc21. The molecule has 0 amide bonds. The fourth-order valence-corrected chi connectivity index (χ4v) is 6.16. The molecule has 5 heterocycles. The maximum absolute atomic E-state index is 5.54. The quantitative estimate of drug-likeness (QED) is 0.620. The third-order valence-electron chi connectivity index (χ3n) is 7.77. The molecule has 4 fully saturated rings. The van der Waals surface area contributed by atoms with E-state index in [0.29, 0.717) is 6.04 Å². The van der Waals surface area contributed by atoms with Gasteiger partial charge in [0.2, 0.25) is 0 Å². The number of fused-ring (bicyclic) bond motifs is 4. The van der Waals surface area contributed by atoms with Gasteiger partial charge in [-0.05, 0) is 61.5 Å². The average molecular weight is 444 g/mol. The minimum Gasteiger partial charge on any atom is -0.379 e. The highest BCUT2D eigenvalue weighted by atomic mass is 32.1. The molecular weight excluding hydrogens is 406 g/mol. The summed E-state index contributed by atoms with van der Waals surface area (Å²) >= 11 is 5.54. The van der Waals surface area contributed by atoms with E-state index >= 15 is 0 Å². The molecule has 7 heteroatoms. The third-order valence-corrected chi connectivity index (χ3v) is 8.06. The lowest BCUT2D eigenvalue weighted by molar-refractivity contribution is 0.00637. The Morgan fingerprint density at radius 1 is 1.10 bits per heavy atom. The van der Waals surface area contributed by atoms with Gasteiger partial charge in [-0.15, -0.1) is 0 Å². The van der Waals surface area contributed by atoms with E-state index in [0.717, 1.165) is 62.9 Å². The van der Waals surface area contributed by atoms with Gasteiger partial charge in [0.1, 0.15) is 0 Å². The average Bonchev–Trinajstić information content (AvgIpc) is 3.22. The number of hydrogen-bond acceptors (Lipinski definition) is 5. The van der Waals surface area contributed by atoms with Gasteiger partial charge >= 0.3 is 0 Å². The minimum atomic E-state index is 0.625. The van der Waals surface area contributed by atoms with Gasteiger partial charge in [0, 0.05) is 64.1 Å². The smallest absolute Gasteiger partial charge is 0.166 e. The summed E-state index contributed by atoms with van der Waals surface area (Å²) < 4.78 is 5.41. The van der Waals surface area contributed by atoms with Crippen LogP contribution < -0.4 is 15.5 Å². The fourth-order valence-electron chi connectivity index (χ4n) is 5.97. The highest BCUT2D eigenvalue weighted by Gasteiger charge is 2.40. The number of piperidine rings is 3. The predicted octanol–water partition coefficient (Wildman–Crippen LogP) is 1.56. The molecule has 31 heavy (non-hydrogen) atoms. The van der Waals surface area contributed by atoms with Crippen LogP contribution in [0, 0.1) is 11.8 Å². The first-order valence-corrected chi connectivity index (χ1v) is 12.6. The Bertz CT molecular complexity index is 755. The first-order valence-electron chi connectivity index (χ1n) is 12.1. The zero-order valence-electron chi connectivity index (χ0n) is 18.6. The van der Waals surface area contributed by atoms with E-state index in [4.69, 9.17) is 17.0 Å². The number of nitrogens with one attached hydrogen (secondary N) is 2. The molecule has 5 aliphatic heterocycles. The number of para-hydroxylation sites is 1. The van der Waals surface area contributed by atoms with Crippen molar-refractivity contribution >= 4 is 23.0 Å². The molecule has 0 saturated carbocycles. The maximum atomic E-state index is 5.54.